The zero-order valence-corrected chi connectivity index (χ0v) is 18.6. The van der Waals surface area contributed by atoms with Gasteiger partial charge in [0.1, 0.15) is 17.3 Å². The summed E-state index contributed by atoms with van der Waals surface area (Å²) >= 11 is 7.69. The van der Waals surface area contributed by atoms with Crippen LogP contribution in [0.1, 0.15) is 24.1 Å². The number of fused-ring (bicyclic) bond motifs is 1. The largest absolute Gasteiger partial charge is 0.362 e. The molecule has 1 saturated heterocycles. The number of likely N-dealkylation sites (N-methyl/N-ethyl adjacent to an activating group) is 1. The molecule has 164 valence electrons. The fraction of sp³-hybridized carbons (Fsp3) is 0.300. The third-order valence-corrected chi connectivity index (χ3v) is 6.11. The number of nitrogens with zero attached hydrogens (tertiary/aromatic N) is 6. The predicted molar refractivity (Wildman–Crippen MR) is 120 cm³/mol. The molecule has 1 aliphatic heterocycles. The maximum absolute atomic E-state index is 12.0. The summed E-state index contributed by atoms with van der Waals surface area (Å²) < 4.78 is 7.82. The van der Waals surface area contributed by atoms with Crippen molar-refractivity contribution in [1.82, 2.24) is 34.8 Å². The second-order valence-electron chi connectivity index (χ2n) is 7.16. The van der Waals surface area contributed by atoms with Crippen LogP contribution in [0.5, 0.6) is 0 Å². The number of rotatable bonds is 6. The predicted octanol–water partition coefficient (Wildman–Crippen LogP) is 3.03. The molecule has 10 nitrogen and oxygen atoms in total. The normalized spacial score (nSPS) is 18.2. The van der Waals surface area contributed by atoms with Gasteiger partial charge in [-0.05, 0) is 18.9 Å². The summed E-state index contributed by atoms with van der Waals surface area (Å²) in [6.45, 7) is 0.503. The molecular weight excluding hydrogens is 452 g/mol. The summed E-state index contributed by atoms with van der Waals surface area (Å²) in [6.07, 6.45) is 7.09. The Balaban J connectivity index is 1.55. The van der Waals surface area contributed by atoms with E-state index in [1.165, 1.54) is 0 Å². The molecule has 32 heavy (non-hydrogen) atoms. The number of nitrogens with one attached hydrogen (secondary N) is 2. The Morgan fingerprint density at radius 1 is 1.31 bits per heavy atom. The number of imidazole rings is 1. The molecule has 0 aliphatic carbocycles. The summed E-state index contributed by atoms with van der Waals surface area (Å²) in [5.41, 5.74) is 1.88. The number of amides is 1. The van der Waals surface area contributed by atoms with Gasteiger partial charge in [-0.1, -0.05) is 11.6 Å². The molecule has 2 N–H and O–H groups in total. The zero-order chi connectivity index (χ0) is 22.1. The number of carbonyl (C=O) groups is 1. The van der Waals surface area contributed by atoms with Crippen molar-refractivity contribution in [2.45, 2.75) is 31.7 Å². The fourth-order valence-electron chi connectivity index (χ4n) is 3.59. The molecule has 5 rings (SSSR count). The third-order valence-electron chi connectivity index (χ3n) is 5.12. The zero-order valence-electron chi connectivity index (χ0n) is 17.0. The number of ether oxygens (including phenoxy) is 1. The number of hydrogen-bond acceptors (Lipinski definition) is 9. The van der Waals surface area contributed by atoms with Crippen LogP contribution >= 0.6 is 22.9 Å². The van der Waals surface area contributed by atoms with Crippen molar-refractivity contribution in [3.63, 3.8) is 0 Å². The van der Waals surface area contributed by atoms with Crippen molar-refractivity contribution in [3.05, 3.63) is 46.4 Å². The van der Waals surface area contributed by atoms with Gasteiger partial charge in [0.05, 0.1) is 17.9 Å². The van der Waals surface area contributed by atoms with Crippen LogP contribution in [-0.2, 0) is 16.1 Å². The van der Waals surface area contributed by atoms with E-state index >= 15 is 0 Å². The van der Waals surface area contributed by atoms with E-state index in [1.54, 1.807) is 49.4 Å². The average Bonchev–Trinajstić information content (AvgIpc) is 3.57. The number of halogens is 1. The molecule has 0 radical (unpaired) electrons. The van der Waals surface area contributed by atoms with E-state index in [0.29, 0.717) is 52.8 Å². The SMILES string of the molecule is CNC(=O)[C@@H]1CC[C@H](n2cnc3c(NCc4nccs4)nc(-c4cncc(Cl)c4)nc32)O1. The molecular formula is C20H19ClN8O2S. The Bertz CT molecular complexity index is 1260. The van der Waals surface area contributed by atoms with Gasteiger partial charge < -0.3 is 15.4 Å². The van der Waals surface area contributed by atoms with Gasteiger partial charge in [0.15, 0.2) is 22.8 Å². The molecule has 1 aliphatic rings. The van der Waals surface area contributed by atoms with Gasteiger partial charge in [-0.25, -0.2) is 19.9 Å². The van der Waals surface area contributed by atoms with E-state index in [0.717, 1.165) is 5.01 Å². The minimum Gasteiger partial charge on any atom is -0.362 e. The lowest BCUT2D eigenvalue weighted by Crippen LogP contribution is -2.31. The van der Waals surface area contributed by atoms with Gasteiger partial charge in [-0.3, -0.25) is 14.3 Å². The molecule has 0 aromatic carbocycles. The molecule has 0 saturated carbocycles. The van der Waals surface area contributed by atoms with E-state index in [9.17, 15) is 4.79 Å². The Kier molecular flexibility index (Phi) is 5.68. The first-order chi connectivity index (χ1) is 15.6. The van der Waals surface area contributed by atoms with Gasteiger partial charge >= 0.3 is 0 Å². The molecule has 5 heterocycles. The Morgan fingerprint density at radius 3 is 3.00 bits per heavy atom. The Morgan fingerprint density at radius 2 is 2.22 bits per heavy atom. The number of aromatic nitrogens is 6. The molecule has 1 fully saturated rings. The summed E-state index contributed by atoms with van der Waals surface area (Å²) in [7, 11) is 1.60. The fourth-order valence-corrected chi connectivity index (χ4v) is 4.32. The van der Waals surface area contributed by atoms with Crippen molar-refractivity contribution in [3.8, 4) is 11.4 Å². The van der Waals surface area contributed by atoms with Gasteiger partial charge in [0.25, 0.3) is 0 Å². The van der Waals surface area contributed by atoms with Crippen LogP contribution < -0.4 is 10.6 Å². The molecule has 1 amide bonds. The van der Waals surface area contributed by atoms with Crippen LogP contribution in [0.25, 0.3) is 22.6 Å². The van der Waals surface area contributed by atoms with Crippen LogP contribution in [0.4, 0.5) is 5.82 Å². The lowest BCUT2D eigenvalue weighted by atomic mass is 10.2. The minimum absolute atomic E-state index is 0.136. The van der Waals surface area contributed by atoms with Gasteiger partial charge in [-0.2, -0.15) is 0 Å². The summed E-state index contributed by atoms with van der Waals surface area (Å²) in [5.74, 6) is 0.888. The Hall–Kier alpha value is -3.15. The first-order valence-corrected chi connectivity index (χ1v) is 11.2. The highest BCUT2D eigenvalue weighted by atomic mass is 35.5. The average molecular weight is 471 g/mol. The molecule has 0 unspecified atom stereocenters. The van der Waals surface area contributed by atoms with Crippen molar-refractivity contribution in [2.24, 2.45) is 0 Å². The van der Waals surface area contributed by atoms with Gasteiger partial charge in [0.2, 0.25) is 5.91 Å². The highest BCUT2D eigenvalue weighted by molar-refractivity contribution is 7.09. The molecule has 2 atom stereocenters. The van der Waals surface area contributed by atoms with Crippen LogP contribution in [0, 0.1) is 0 Å². The lowest BCUT2D eigenvalue weighted by Gasteiger charge is -2.15. The quantitative estimate of drug-likeness (QED) is 0.441. The van der Waals surface area contributed by atoms with E-state index in [-0.39, 0.29) is 12.1 Å². The number of hydrogen-bond donors (Lipinski definition) is 2. The summed E-state index contributed by atoms with van der Waals surface area (Å²) in [4.78, 5) is 34.4. The van der Waals surface area contributed by atoms with E-state index in [2.05, 4.69) is 30.6 Å². The highest BCUT2D eigenvalue weighted by Crippen LogP contribution is 2.33. The summed E-state index contributed by atoms with van der Waals surface area (Å²) in [5, 5.41) is 9.29. The van der Waals surface area contributed by atoms with E-state index < -0.39 is 6.10 Å². The maximum Gasteiger partial charge on any atom is 0.248 e. The van der Waals surface area contributed by atoms with Crippen LogP contribution in [0.2, 0.25) is 5.02 Å². The molecule has 0 spiro atoms. The highest BCUT2D eigenvalue weighted by Gasteiger charge is 2.32. The van der Waals surface area contributed by atoms with Crippen molar-refractivity contribution < 1.29 is 9.53 Å². The second-order valence-corrected chi connectivity index (χ2v) is 8.58. The topological polar surface area (TPSA) is 120 Å². The van der Waals surface area contributed by atoms with Gasteiger partial charge in [0, 0.05) is 36.6 Å². The molecule has 4 aromatic heterocycles. The molecule has 12 heteroatoms. The lowest BCUT2D eigenvalue weighted by molar-refractivity contribution is -0.133. The summed E-state index contributed by atoms with van der Waals surface area (Å²) in [6, 6.07) is 1.76. The maximum atomic E-state index is 12.0. The first kappa shape index (κ1) is 20.7. The van der Waals surface area contributed by atoms with E-state index in [4.69, 9.17) is 21.3 Å². The number of thiazole rings is 1. The minimum atomic E-state index is -0.497. The van der Waals surface area contributed by atoms with Crippen LogP contribution in [0.3, 0.4) is 0 Å². The van der Waals surface area contributed by atoms with Crippen LogP contribution in [0.15, 0.2) is 36.4 Å². The third kappa shape index (κ3) is 4.01. The second kappa shape index (κ2) is 8.77. The van der Waals surface area contributed by atoms with Crippen molar-refractivity contribution in [1.29, 1.82) is 0 Å². The molecule has 4 aromatic rings. The standard InChI is InChI=1S/C20H19ClN8O2S/c1-22-20(30)13-2-3-15(31-13)29-10-26-16-18(25-9-14-24-4-5-32-14)27-17(28-19(16)29)11-6-12(21)8-23-7-11/h4-8,10,13,15H,2-3,9H2,1H3,(H,22,30)(H,25,27,28)/t13-,15+/m0/s1. The first-order valence-electron chi connectivity index (χ1n) is 9.97. The Labute approximate surface area is 192 Å². The van der Waals surface area contributed by atoms with E-state index in [1.807, 2.05) is 9.95 Å². The van der Waals surface area contributed by atoms with Crippen molar-refractivity contribution >= 4 is 45.8 Å². The number of pyridine rings is 1. The molecule has 0 bridgehead atoms. The number of anilines is 1. The van der Waals surface area contributed by atoms with Crippen molar-refractivity contribution in [2.75, 3.05) is 12.4 Å². The van der Waals surface area contributed by atoms with Crippen LogP contribution in [-0.4, -0.2) is 48.5 Å². The monoisotopic (exact) mass is 470 g/mol. The van der Waals surface area contributed by atoms with Gasteiger partial charge in [-0.15, -0.1) is 11.3 Å². The number of carbonyl (C=O) groups excluding carboxylic acids is 1. The smallest absolute Gasteiger partial charge is 0.248 e.